The lowest BCUT2D eigenvalue weighted by molar-refractivity contribution is 0.416. The molecule has 1 N–H and O–H groups in total. The summed E-state index contributed by atoms with van der Waals surface area (Å²) in [6, 6.07) is 9.74. The molecule has 0 amide bonds. The fourth-order valence-electron chi connectivity index (χ4n) is 2.46. The predicted octanol–water partition coefficient (Wildman–Crippen LogP) is 4.51. The fourth-order valence-corrected chi connectivity index (χ4v) is 2.64. The Labute approximate surface area is 122 Å². The molecule has 1 heterocycles. The maximum Gasteiger partial charge on any atom is 0.142 e. The zero-order chi connectivity index (χ0) is 14.3. The first-order valence-electron chi connectivity index (χ1n) is 6.39. The number of methoxy groups -OCH3 is 1. The van der Waals surface area contributed by atoms with Crippen LogP contribution in [0.4, 0.5) is 0 Å². The second-order valence-electron chi connectivity index (χ2n) is 4.91. The van der Waals surface area contributed by atoms with Crippen LogP contribution in [0.3, 0.4) is 0 Å². The van der Waals surface area contributed by atoms with Crippen molar-refractivity contribution in [3.8, 4) is 17.1 Å². The Morgan fingerprint density at radius 1 is 1.15 bits per heavy atom. The van der Waals surface area contributed by atoms with Gasteiger partial charge in [-0.1, -0.05) is 17.7 Å². The van der Waals surface area contributed by atoms with Gasteiger partial charge in [0.2, 0.25) is 0 Å². The van der Waals surface area contributed by atoms with Crippen molar-refractivity contribution < 1.29 is 4.74 Å². The number of aromatic amines is 1. The molecule has 4 heteroatoms. The lowest BCUT2D eigenvalue weighted by atomic mass is 10.1. The zero-order valence-electron chi connectivity index (χ0n) is 11.6. The molecule has 0 unspecified atom stereocenters. The Kier molecular flexibility index (Phi) is 3.14. The number of halogens is 1. The number of aryl methyl sites for hydroxylation is 2. The van der Waals surface area contributed by atoms with Crippen LogP contribution < -0.4 is 4.74 Å². The van der Waals surface area contributed by atoms with Gasteiger partial charge in [-0.3, -0.25) is 0 Å². The van der Waals surface area contributed by atoms with E-state index in [9.17, 15) is 0 Å². The fraction of sp³-hybridized carbons (Fsp3) is 0.188. The molecule has 2 aromatic carbocycles. The van der Waals surface area contributed by atoms with Crippen molar-refractivity contribution in [2.24, 2.45) is 0 Å². The minimum Gasteiger partial charge on any atom is -0.496 e. The quantitative estimate of drug-likeness (QED) is 0.753. The SMILES string of the molecule is COc1ccc(Cl)cc1-c1nc2c(C)cc(C)cc2[nH]1. The van der Waals surface area contributed by atoms with E-state index in [0.717, 1.165) is 33.7 Å². The smallest absolute Gasteiger partial charge is 0.142 e. The highest BCUT2D eigenvalue weighted by molar-refractivity contribution is 6.30. The molecule has 0 fully saturated rings. The maximum absolute atomic E-state index is 6.08. The van der Waals surface area contributed by atoms with Gasteiger partial charge < -0.3 is 9.72 Å². The summed E-state index contributed by atoms with van der Waals surface area (Å²) in [4.78, 5) is 8.02. The number of hydrogen-bond donors (Lipinski definition) is 1. The molecule has 3 nitrogen and oxygen atoms in total. The monoisotopic (exact) mass is 286 g/mol. The standard InChI is InChI=1S/C16H15ClN2O/c1-9-6-10(2)15-13(7-9)18-16(19-15)12-8-11(17)4-5-14(12)20-3/h4-8H,1-3H3,(H,18,19). The van der Waals surface area contributed by atoms with E-state index in [4.69, 9.17) is 16.3 Å². The van der Waals surface area contributed by atoms with Gasteiger partial charge in [0.05, 0.1) is 23.7 Å². The average Bonchev–Trinajstić information content (AvgIpc) is 2.82. The zero-order valence-corrected chi connectivity index (χ0v) is 12.4. The number of benzene rings is 2. The van der Waals surface area contributed by atoms with Gasteiger partial charge in [-0.15, -0.1) is 0 Å². The van der Waals surface area contributed by atoms with Crippen molar-refractivity contribution in [3.63, 3.8) is 0 Å². The number of rotatable bonds is 2. The third kappa shape index (κ3) is 2.14. The summed E-state index contributed by atoms with van der Waals surface area (Å²) in [6.07, 6.45) is 0. The van der Waals surface area contributed by atoms with Gasteiger partial charge in [0, 0.05) is 5.02 Å². The number of fused-ring (bicyclic) bond motifs is 1. The summed E-state index contributed by atoms with van der Waals surface area (Å²) in [6.45, 7) is 4.14. The summed E-state index contributed by atoms with van der Waals surface area (Å²) in [5.41, 5.74) is 5.24. The van der Waals surface area contributed by atoms with E-state index < -0.39 is 0 Å². The lowest BCUT2D eigenvalue weighted by Crippen LogP contribution is -1.89. The molecule has 0 aliphatic carbocycles. The largest absolute Gasteiger partial charge is 0.496 e. The second kappa shape index (κ2) is 4.84. The first-order valence-corrected chi connectivity index (χ1v) is 6.77. The Morgan fingerprint density at radius 2 is 1.95 bits per heavy atom. The molecule has 3 rings (SSSR count). The highest BCUT2D eigenvalue weighted by Gasteiger charge is 2.12. The Morgan fingerprint density at radius 3 is 2.70 bits per heavy atom. The predicted molar refractivity (Wildman–Crippen MR) is 82.6 cm³/mol. The first kappa shape index (κ1) is 13.0. The summed E-state index contributed by atoms with van der Waals surface area (Å²) >= 11 is 6.08. The van der Waals surface area contributed by atoms with Gasteiger partial charge >= 0.3 is 0 Å². The molecule has 0 saturated carbocycles. The molecule has 1 aromatic heterocycles. The summed E-state index contributed by atoms with van der Waals surface area (Å²) in [7, 11) is 1.64. The molecule has 3 aromatic rings. The minimum atomic E-state index is 0.661. The number of H-pyrrole nitrogens is 1. The van der Waals surface area contributed by atoms with Crippen molar-refractivity contribution in [1.29, 1.82) is 0 Å². The third-order valence-electron chi connectivity index (χ3n) is 3.34. The molecule has 0 aliphatic heterocycles. The van der Waals surface area contributed by atoms with Crippen molar-refractivity contribution in [2.75, 3.05) is 7.11 Å². The number of aromatic nitrogens is 2. The number of hydrogen-bond acceptors (Lipinski definition) is 2. The minimum absolute atomic E-state index is 0.661. The van der Waals surface area contributed by atoms with Crippen molar-refractivity contribution in [1.82, 2.24) is 9.97 Å². The van der Waals surface area contributed by atoms with Crippen LogP contribution in [-0.2, 0) is 0 Å². The summed E-state index contributed by atoms with van der Waals surface area (Å²) < 4.78 is 5.39. The van der Waals surface area contributed by atoms with E-state index in [2.05, 4.69) is 35.9 Å². The molecule has 20 heavy (non-hydrogen) atoms. The van der Waals surface area contributed by atoms with Crippen LogP contribution in [0.15, 0.2) is 30.3 Å². The van der Waals surface area contributed by atoms with Crippen molar-refractivity contribution in [2.45, 2.75) is 13.8 Å². The van der Waals surface area contributed by atoms with Crippen LogP contribution in [0.5, 0.6) is 5.75 Å². The molecule has 0 aliphatic rings. The maximum atomic E-state index is 6.08. The lowest BCUT2D eigenvalue weighted by Gasteiger charge is -2.06. The van der Waals surface area contributed by atoms with Crippen molar-refractivity contribution >= 4 is 22.6 Å². The van der Waals surface area contributed by atoms with Crippen LogP contribution in [0.25, 0.3) is 22.4 Å². The van der Waals surface area contributed by atoms with Crippen LogP contribution >= 0.6 is 11.6 Å². The number of nitrogens with one attached hydrogen (secondary N) is 1. The number of imidazole rings is 1. The van der Waals surface area contributed by atoms with Gasteiger partial charge in [-0.2, -0.15) is 0 Å². The number of nitrogens with zero attached hydrogens (tertiary/aromatic N) is 1. The van der Waals surface area contributed by atoms with E-state index in [-0.39, 0.29) is 0 Å². The molecule has 102 valence electrons. The van der Waals surface area contributed by atoms with E-state index in [1.807, 2.05) is 18.2 Å². The van der Waals surface area contributed by atoms with E-state index in [1.165, 1.54) is 5.56 Å². The van der Waals surface area contributed by atoms with Crippen LogP contribution in [0.1, 0.15) is 11.1 Å². The Bertz CT molecular complexity index is 793. The summed E-state index contributed by atoms with van der Waals surface area (Å²) in [5.74, 6) is 1.52. The molecular weight excluding hydrogens is 272 g/mol. The normalized spacial score (nSPS) is 11.0. The highest BCUT2D eigenvalue weighted by Crippen LogP contribution is 2.32. The van der Waals surface area contributed by atoms with Gasteiger partial charge in [0.25, 0.3) is 0 Å². The highest BCUT2D eigenvalue weighted by atomic mass is 35.5. The van der Waals surface area contributed by atoms with Gasteiger partial charge in [0.1, 0.15) is 11.6 Å². The topological polar surface area (TPSA) is 37.9 Å². The molecule has 0 bridgehead atoms. The third-order valence-corrected chi connectivity index (χ3v) is 3.57. The van der Waals surface area contributed by atoms with Crippen LogP contribution in [0.2, 0.25) is 5.02 Å². The molecule has 0 radical (unpaired) electrons. The molecule has 0 atom stereocenters. The number of ether oxygens (including phenoxy) is 1. The van der Waals surface area contributed by atoms with Crippen molar-refractivity contribution in [3.05, 3.63) is 46.5 Å². The molecule has 0 saturated heterocycles. The second-order valence-corrected chi connectivity index (χ2v) is 5.34. The van der Waals surface area contributed by atoms with Crippen LogP contribution in [0, 0.1) is 13.8 Å². The Balaban J connectivity index is 2.25. The first-order chi connectivity index (χ1) is 9.58. The molecule has 0 spiro atoms. The van der Waals surface area contributed by atoms with E-state index >= 15 is 0 Å². The summed E-state index contributed by atoms with van der Waals surface area (Å²) in [5, 5.41) is 0.661. The van der Waals surface area contributed by atoms with Gasteiger partial charge in [0.15, 0.2) is 0 Å². The van der Waals surface area contributed by atoms with Crippen LogP contribution in [-0.4, -0.2) is 17.1 Å². The molecular formula is C16H15ClN2O. The van der Waals surface area contributed by atoms with Gasteiger partial charge in [-0.25, -0.2) is 4.98 Å². The average molecular weight is 287 g/mol. The van der Waals surface area contributed by atoms with E-state index in [0.29, 0.717) is 5.02 Å². The Hall–Kier alpha value is -2.00. The van der Waals surface area contributed by atoms with E-state index in [1.54, 1.807) is 7.11 Å². The van der Waals surface area contributed by atoms with Gasteiger partial charge in [-0.05, 0) is 49.2 Å².